The Morgan fingerprint density at radius 3 is 1.86 bits per heavy atom. The molecular formula is C33H33F3N2O4. The number of pyridine rings is 1. The fraction of sp³-hybridized carbons (Fsp3) is 0.303. The van der Waals surface area contributed by atoms with Gasteiger partial charge in [0.25, 0.3) is 0 Å². The number of benzene rings is 3. The first-order valence-electron chi connectivity index (χ1n) is 13.8. The van der Waals surface area contributed by atoms with Crippen LogP contribution in [0, 0.1) is 0 Å². The molecule has 0 unspecified atom stereocenters. The normalized spacial score (nSPS) is 20.7. The lowest BCUT2D eigenvalue weighted by atomic mass is 9.97. The van der Waals surface area contributed by atoms with Gasteiger partial charge >= 0.3 is 6.18 Å². The number of rotatable bonds is 12. The average Bonchev–Trinajstić information content (AvgIpc) is 3.01. The molecule has 0 bridgehead atoms. The number of nitrogens with one attached hydrogen (secondary N) is 1. The van der Waals surface area contributed by atoms with Gasteiger partial charge in [0.15, 0.2) is 0 Å². The Bertz CT molecular complexity index is 1360. The molecule has 3 aromatic carbocycles. The Kier molecular flexibility index (Phi) is 10.2. The fourth-order valence-corrected chi connectivity index (χ4v) is 4.81. The van der Waals surface area contributed by atoms with Crippen molar-refractivity contribution in [1.82, 2.24) is 4.98 Å². The van der Waals surface area contributed by atoms with Gasteiger partial charge in [-0.2, -0.15) is 13.2 Å². The maximum absolute atomic E-state index is 13.4. The Labute approximate surface area is 243 Å². The average molecular weight is 579 g/mol. The lowest BCUT2D eigenvalue weighted by Gasteiger charge is -2.42. The summed E-state index contributed by atoms with van der Waals surface area (Å²) in [4.78, 5) is 4.13. The van der Waals surface area contributed by atoms with Crippen LogP contribution in [0.5, 0.6) is 0 Å². The second-order valence-corrected chi connectivity index (χ2v) is 10.1. The second-order valence-electron chi connectivity index (χ2n) is 10.1. The molecule has 9 heteroatoms. The van der Waals surface area contributed by atoms with Crippen molar-refractivity contribution in [2.75, 3.05) is 18.5 Å². The predicted molar refractivity (Wildman–Crippen MR) is 153 cm³/mol. The van der Waals surface area contributed by atoms with Gasteiger partial charge in [0.05, 0.1) is 44.6 Å². The number of ether oxygens (including phenoxy) is 4. The zero-order valence-corrected chi connectivity index (χ0v) is 23.0. The van der Waals surface area contributed by atoms with Gasteiger partial charge in [-0.25, -0.2) is 4.98 Å². The monoisotopic (exact) mass is 578 g/mol. The summed E-state index contributed by atoms with van der Waals surface area (Å²) in [7, 11) is 0. The van der Waals surface area contributed by atoms with Crippen LogP contribution in [0.3, 0.4) is 0 Å². The number of halogens is 3. The number of hydrogen-bond acceptors (Lipinski definition) is 6. The summed E-state index contributed by atoms with van der Waals surface area (Å²) in [6, 6.07) is 30.6. The van der Waals surface area contributed by atoms with Crippen molar-refractivity contribution in [1.29, 1.82) is 0 Å². The van der Waals surface area contributed by atoms with E-state index in [1.54, 1.807) is 0 Å². The van der Waals surface area contributed by atoms with Crippen molar-refractivity contribution < 1.29 is 32.1 Å². The van der Waals surface area contributed by atoms with E-state index in [0.29, 0.717) is 13.2 Å². The quantitative estimate of drug-likeness (QED) is 0.203. The van der Waals surface area contributed by atoms with Crippen molar-refractivity contribution in [3.8, 4) is 0 Å². The van der Waals surface area contributed by atoms with Crippen molar-refractivity contribution in [2.45, 2.75) is 50.4 Å². The molecule has 4 aromatic rings. The van der Waals surface area contributed by atoms with Crippen molar-refractivity contribution in [2.24, 2.45) is 0 Å². The lowest BCUT2D eigenvalue weighted by Crippen LogP contribution is -2.59. The standard InChI is InChI=1S/C33H33F3N2O4/c34-33(35,36)27-16-17-37-30(18-27)38-28-22-40-29(23-39-19-24-10-4-1-5-11-24)32(42-21-26-14-8-3-9-15-26)31(28)41-20-25-12-6-2-7-13-25/h1-18,28-29,31-32H,19-23H2,(H,37,38)/t28-,29+,31+,32-/m0/s1. The topological polar surface area (TPSA) is 61.8 Å². The van der Waals surface area contributed by atoms with Crippen LogP contribution in [0.1, 0.15) is 22.3 Å². The van der Waals surface area contributed by atoms with Gasteiger partial charge in [0.1, 0.15) is 24.1 Å². The Morgan fingerprint density at radius 2 is 1.29 bits per heavy atom. The fourth-order valence-electron chi connectivity index (χ4n) is 4.81. The van der Waals surface area contributed by atoms with Gasteiger partial charge < -0.3 is 24.3 Å². The minimum Gasteiger partial charge on any atom is -0.374 e. The molecule has 1 saturated heterocycles. The molecule has 2 heterocycles. The zero-order valence-electron chi connectivity index (χ0n) is 23.0. The highest BCUT2D eigenvalue weighted by molar-refractivity contribution is 5.40. The van der Waals surface area contributed by atoms with Crippen LogP contribution >= 0.6 is 0 Å². The molecule has 0 amide bonds. The molecule has 5 rings (SSSR count). The second kappa shape index (κ2) is 14.4. The summed E-state index contributed by atoms with van der Waals surface area (Å²) in [5, 5.41) is 3.13. The molecule has 6 nitrogen and oxygen atoms in total. The van der Waals surface area contributed by atoms with Crippen molar-refractivity contribution >= 4 is 5.82 Å². The molecule has 42 heavy (non-hydrogen) atoms. The Hall–Kier alpha value is -3.76. The van der Waals surface area contributed by atoms with E-state index in [1.807, 2.05) is 91.0 Å². The summed E-state index contributed by atoms with van der Waals surface area (Å²) in [6.45, 7) is 1.37. The van der Waals surface area contributed by atoms with Crippen LogP contribution in [0.2, 0.25) is 0 Å². The van der Waals surface area contributed by atoms with E-state index < -0.39 is 36.1 Å². The Balaban J connectivity index is 1.38. The molecular weight excluding hydrogens is 545 g/mol. The number of alkyl halides is 3. The molecule has 1 N–H and O–H groups in total. The lowest BCUT2D eigenvalue weighted by molar-refractivity contribution is -0.201. The summed E-state index contributed by atoms with van der Waals surface area (Å²) < 4.78 is 65.4. The van der Waals surface area contributed by atoms with Gasteiger partial charge in [-0.05, 0) is 28.8 Å². The van der Waals surface area contributed by atoms with E-state index in [4.69, 9.17) is 18.9 Å². The van der Waals surface area contributed by atoms with E-state index in [0.717, 1.165) is 35.0 Å². The molecule has 1 aliphatic heterocycles. The molecule has 220 valence electrons. The summed E-state index contributed by atoms with van der Waals surface area (Å²) in [5.74, 6) is 0.0762. The van der Waals surface area contributed by atoms with Crippen LogP contribution in [0.4, 0.5) is 19.0 Å². The first-order valence-corrected chi connectivity index (χ1v) is 13.8. The van der Waals surface area contributed by atoms with Crippen LogP contribution < -0.4 is 5.32 Å². The summed E-state index contributed by atoms with van der Waals surface area (Å²) >= 11 is 0. The third-order valence-electron chi connectivity index (χ3n) is 6.96. The highest BCUT2D eigenvalue weighted by Gasteiger charge is 2.43. The minimum atomic E-state index is -4.49. The first-order chi connectivity index (χ1) is 20.5. The van der Waals surface area contributed by atoms with Crippen LogP contribution in [0.15, 0.2) is 109 Å². The first kappa shape index (κ1) is 29.7. The van der Waals surface area contributed by atoms with Gasteiger partial charge in [-0.3, -0.25) is 0 Å². The van der Waals surface area contributed by atoms with E-state index in [9.17, 15) is 13.2 Å². The molecule has 0 spiro atoms. The predicted octanol–water partition coefficient (Wildman–Crippen LogP) is 6.67. The number of anilines is 1. The van der Waals surface area contributed by atoms with E-state index in [-0.39, 0.29) is 25.6 Å². The van der Waals surface area contributed by atoms with Gasteiger partial charge in [-0.15, -0.1) is 0 Å². The van der Waals surface area contributed by atoms with Gasteiger partial charge in [-0.1, -0.05) is 91.0 Å². The number of aromatic nitrogens is 1. The van der Waals surface area contributed by atoms with Crippen molar-refractivity contribution in [3.05, 3.63) is 132 Å². The molecule has 1 aliphatic rings. The molecule has 1 fully saturated rings. The SMILES string of the molecule is FC(F)(F)c1ccnc(N[C@H]2CO[C@H](COCc3ccccc3)[C@H](OCc3ccccc3)[C@@H]2OCc2ccccc2)c1. The summed E-state index contributed by atoms with van der Waals surface area (Å²) in [6.07, 6.45) is -5.02. The largest absolute Gasteiger partial charge is 0.416 e. The van der Waals surface area contributed by atoms with E-state index in [2.05, 4.69) is 10.3 Å². The third-order valence-corrected chi connectivity index (χ3v) is 6.96. The van der Waals surface area contributed by atoms with E-state index in [1.165, 1.54) is 0 Å². The molecule has 0 aliphatic carbocycles. The smallest absolute Gasteiger partial charge is 0.374 e. The molecule has 0 radical (unpaired) electrons. The van der Waals surface area contributed by atoms with Gasteiger partial charge in [0, 0.05) is 6.20 Å². The number of hydrogen-bond donors (Lipinski definition) is 1. The zero-order chi connectivity index (χ0) is 29.2. The highest BCUT2D eigenvalue weighted by atomic mass is 19.4. The maximum Gasteiger partial charge on any atom is 0.416 e. The molecule has 0 saturated carbocycles. The minimum absolute atomic E-state index is 0.0762. The van der Waals surface area contributed by atoms with Crippen molar-refractivity contribution in [3.63, 3.8) is 0 Å². The Morgan fingerprint density at radius 1 is 0.738 bits per heavy atom. The molecule has 4 atom stereocenters. The van der Waals surface area contributed by atoms with E-state index >= 15 is 0 Å². The van der Waals surface area contributed by atoms with Crippen LogP contribution in [0.25, 0.3) is 0 Å². The maximum atomic E-state index is 13.4. The van der Waals surface area contributed by atoms with Crippen LogP contribution in [-0.2, 0) is 44.9 Å². The van der Waals surface area contributed by atoms with Gasteiger partial charge in [0.2, 0.25) is 0 Å². The van der Waals surface area contributed by atoms with Crippen LogP contribution in [-0.4, -0.2) is 42.6 Å². The molecule has 1 aromatic heterocycles. The highest BCUT2D eigenvalue weighted by Crippen LogP contribution is 2.31. The number of nitrogens with zero attached hydrogens (tertiary/aromatic N) is 1. The third kappa shape index (κ3) is 8.39. The summed E-state index contributed by atoms with van der Waals surface area (Å²) in [5.41, 5.74) is 2.17.